The first kappa shape index (κ1) is 20.2. The molecule has 0 unspecified atom stereocenters. The van der Waals surface area contributed by atoms with Crippen molar-refractivity contribution < 1.29 is 24.2 Å². The van der Waals surface area contributed by atoms with E-state index in [0.717, 1.165) is 22.2 Å². The predicted octanol–water partition coefficient (Wildman–Crippen LogP) is 3.67. The van der Waals surface area contributed by atoms with Crippen LogP contribution in [0.25, 0.3) is 16.6 Å². The number of carboxylic acid groups (broad SMARTS) is 1. The van der Waals surface area contributed by atoms with Gasteiger partial charge in [0.2, 0.25) is 0 Å². The standard InChI is InChI=1S/C21H23NO5/c1-4-6-17(7-5-2)22-13-16(10-11-27-14-20(23)24)18-12-15(21(25)26-3)8-9-19(18)22/h4-9,12-13H,1,10-11,14H2,2-3H3,(H,23,24)/b7-5-,17-6+. The Balaban J connectivity index is 2.50. The van der Waals surface area contributed by atoms with E-state index in [2.05, 4.69) is 6.58 Å². The van der Waals surface area contributed by atoms with Gasteiger partial charge >= 0.3 is 11.9 Å². The largest absolute Gasteiger partial charge is 0.480 e. The number of aliphatic carboxylic acids is 1. The minimum atomic E-state index is -1.00. The van der Waals surface area contributed by atoms with Gasteiger partial charge in [-0.05, 0) is 49.3 Å². The second-order valence-corrected chi connectivity index (χ2v) is 5.77. The molecule has 0 spiro atoms. The summed E-state index contributed by atoms with van der Waals surface area (Å²) in [4.78, 5) is 22.5. The highest BCUT2D eigenvalue weighted by Crippen LogP contribution is 2.27. The Hall–Kier alpha value is -3.12. The van der Waals surface area contributed by atoms with Crippen molar-refractivity contribution in [2.45, 2.75) is 13.3 Å². The molecule has 1 heterocycles. The number of carboxylic acids is 1. The van der Waals surface area contributed by atoms with E-state index in [1.54, 1.807) is 18.2 Å². The molecule has 2 aromatic rings. The molecule has 1 aromatic carbocycles. The third kappa shape index (κ3) is 4.95. The molecule has 142 valence electrons. The fourth-order valence-electron chi connectivity index (χ4n) is 2.81. The molecule has 0 aliphatic heterocycles. The Morgan fingerprint density at radius 3 is 2.74 bits per heavy atom. The van der Waals surface area contributed by atoms with Gasteiger partial charge in [-0.3, -0.25) is 0 Å². The van der Waals surface area contributed by atoms with Gasteiger partial charge in [-0.2, -0.15) is 0 Å². The zero-order valence-corrected chi connectivity index (χ0v) is 15.5. The number of carbonyl (C=O) groups excluding carboxylic acids is 1. The molecular weight excluding hydrogens is 346 g/mol. The van der Waals surface area contributed by atoms with Gasteiger partial charge in [0.05, 0.1) is 24.8 Å². The summed E-state index contributed by atoms with van der Waals surface area (Å²) in [6.45, 7) is 5.61. The third-order valence-electron chi connectivity index (χ3n) is 3.95. The zero-order valence-electron chi connectivity index (χ0n) is 15.5. The van der Waals surface area contributed by atoms with Crippen LogP contribution in [0.1, 0.15) is 22.8 Å². The minimum absolute atomic E-state index is 0.262. The van der Waals surface area contributed by atoms with E-state index in [-0.39, 0.29) is 13.2 Å². The Bertz CT molecular complexity index is 905. The first-order valence-corrected chi connectivity index (χ1v) is 8.49. The minimum Gasteiger partial charge on any atom is -0.480 e. The first-order valence-electron chi connectivity index (χ1n) is 8.49. The van der Waals surface area contributed by atoms with Crippen molar-refractivity contribution in [1.82, 2.24) is 4.57 Å². The van der Waals surface area contributed by atoms with Gasteiger partial charge in [0.15, 0.2) is 0 Å². The van der Waals surface area contributed by atoms with E-state index in [4.69, 9.17) is 14.6 Å². The highest BCUT2D eigenvalue weighted by molar-refractivity contribution is 5.97. The normalized spacial score (nSPS) is 11.9. The number of allylic oxidation sites excluding steroid dienone is 5. The highest BCUT2D eigenvalue weighted by Gasteiger charge is 2.14. The van der Waals surface area contributed by atoms with E-state index < -0.39 is 11.9 Å². The smallest absolute Gasteiger partial charge is 0.337 e. The lowest BCUT2D eigenvalue weighted by atomic mass is 10.1. The summed E-state index contributed by atoms with van der Waals surface area (Å²) in [5.74, 6) is -1.41. The van der Waals surface area contributed by atoms with Crippen LogP contribution in [0, 0.1) is 0 Å². The molecule has 0 aliphatic carbocycles. The highest BCUT2D eigenvalue weighted by atomic mass is 16.5. The molecule has 1 N–H and O–H groups in total. The maximum absolute atomic E-state index is 11.9. The molecule has 0 fully saturated rings. The molecule has 1 aromatic heterocycles. The number of fused-ring (bicyclic) bond motifs is 1. The fourth-order valence-corrected chi connectivity index (χ4v) is 2.81. The average Bonchev–Trinajstić information content (AvgIpc) is 3.02. The number of esters is 1. The maximum atomic E-state index is 11.9. The second-order valence-electron chi connectivity index (χ2n) is 5.77. The van der Waals surface area contributed by atoms with Gasteiger partial charge in [-0.1, -0.05) is 18.7 Å². The quantitative estimate of drug-likeness (QED) is 0.414. The number of aromatic nitrogens is 1. The molecule has 6 heteroatoms. The van der Waals surface area contributed by atoms with E-state index in [1.165, 1.54) is 7.11 Å². The summed E-state index contributed by atoms with van der Waals surface area (Å²) < 4.78 is 12.0. The van der Waals surface area contributed by atoms with Crippen LogP contribution in [0.3, 0.4) is 0 Å². The first-order chi connectivity index (χ1) is 13.0. The number of carbonyl (C=O) groups is 2. The number of hydrogen-bond donors (Lipinski definition) is 1. The number of benzene rings is 1. The molecule has 0 aliphatic rings. The Kier molecular flexibility index (Phi) is 7.14. The molecule has 0 atom stereocenters. The van der Waals surface area contributed by atoms with Gasteiger partial charge in [0.25, 0.3) is 0 Å². The molecule has 0 saturated heterocycles. The molecular formula is C21H23NO5. The summed E-state index contributed by atoms with van der Waals surface area (Å²) >= 11 is 0. The Morgan fingerprint density at radius 1 is 1.33 bits per heavy atom. The summed E-state index contributed by atoms with van der Waals surface area (Å²) in [6, 6.07) is 5.37. The number of methoxy groups -OCH3 is 1. The summed E-state index contributed by atoms with van der Waals surface area (Å²) in [7, 11) is 1.34. The lowest BCUT2D eigenvalue weighted by Crippen LogP contribution is -2.09. The Morgan fingerprint density at radius 2 is 2.11 bits per heavy atom. The van der Waals surface area contributed by atoms with E-state index in [9.17, 15) is 9.59 Å². The van der Waals surface area contributed by atoms with Crippen molar-refractivity contribution in [1.29, 1.82) is 0 Å². The molecule has 27 heavy (non-hydrogen) atoms. The number of hydrogen-bond acceptors (Lipinski definition) is 4. The zero-order chi connectivity index (χ0) is 19.8. The predicted molar refractivity (Wildman–Crippen MR) is 105 cm³/mol. The van der Waals surface area contributed by atoms with Crippen LogP contribution in [0.2, 0.25) is 0 Å². The van der Waals surface area contributed by atoms with Crippen LogP contribution >= 0.6 is 0 Å². The molecule has 2 rings (SSSR count). The number of rotatable bonds is 9. The van der Waals surface area contributed by atoms with Crippen LogP contribution < -0.4 is 0 Å². The SMILES string of the molecule is C=C/C=C(\C=C/C)n1cc(CCOCC(=O)O)c2cc(C(=O)OC)ccc21. The lowest BCUT2D eigenvalue weighted by Gasteiger charge is -2.06. The van der Waals surface area contributed by atoms with Crippen molar-refractivity contribution in [3.8, 4) is 0 Å². The number of nitrogens with zero attached hydrogens (tertiary/aromatic N) is 1. The molecule has 6 nitrogen and oxygen atoms in total. The van der Waals surface area contributed by atoms with E-state index in [1.807, 2.05) is 42.0 Å². The summed E-state index contributed by atoms with van der Waals surface area (Å²) in [5.41, 5.74) is 3.24. The third-order valence-corrected chi connectivity index (χ3v) is 3.95. The van der Waals surface area contributed by atoms with E-state index >= 15 is 0 Å². The average molecular weight is 369 g/mol. The van der Waals surface area contributed by atoms with Crippen molar-refractivity contribution in [3.63, 3.8) is 0 Å². The van der Waals surface area contributed by atoms with Gasteiger partial charge in [0, 0.05) is 17.3 Å². The van der Waals surface area contributed by atoms with Crippen molar-refractivity contribution in [2.75, 3.05) is 20.3 Å². The molecule has 0 bridgehead atoms. The number of ether oxygens (including phenoxy) is 2. The van der Waals surface area contributed by atoms with Gasteiger partial charge < -0.3 is 19.1 Å². The second kappa shape index (κ2) is 9.54. The van der Waals surface area contributed by atoms with Crippen LogP contribution in [-0.2, 0) is 20.7 Å². The van der Waals surface area contributed by atoms with Crippen LogP contribution in [0.5, 0.6) is 0 Å². The van der Waals surface area contributed by atoms with Crippen molar-refractivity contribution in [3.05, 3.63) is 66.4 Å². The fraction of sp³-hybridized carbons (Fsp3) is 0.238. The van der Waals surface area contributed by atoms with Gasteiger partial charge in [0.1, 0.15) is 6.61 Å². The monoisotopic (exact) mass is 369 g/mol. The van der Waals surface area contributed by atoms with Crippen LogP contribution in [0.15, 0.2) is 55.3 Å². The molecule has 0 amide bonds. The van der Waals surface area contributed by atoms with E-state index in [0.29, 0.717) is 12.0 Å². The van der Waals surface area contributed by atoms with Crippen molar-refractivity contribution in [2.24, 2.45) is 0 Å². The van der Waals surface area contributed by atoms with Crippen LogP contribution in [-0.4, -0.2) is 41.9 Å². The maximum Gasteiger partial charge on any atom is 0.337 e. The lowest BCUT2D eigenvalue weighted by molar-refractivity contribution is -0.142. The van der Waals surface area contributed by atoms with Gasteiger partial charge in [-0.25, -0.2) is 9.59 Å². The summed E-state index contributed by atoms with van der Waals surface area (Å²) in [5, 5.41) is 9.58. The summed E-state index contributed by atoms with van der Waals surface area (Å²) in [6.07, 6.45) is 9.96. The topological polar surface area (TPSA) is 77.8 Å². The molecule has 0 radical (unpaired) electrons. The molecule has 0 saturated carbocycles. The van der Waals surface area contributed by atoms with Gasteiger partial charge in [-0.15, -0.1) is 0 Å². The van der Waals surface area contributed by atoms with Crippen molar-refractivity contribution >= 4 is 28.5 Å². The Labute approximate surface area is 158 Å². The van der Waals surface area contributed by atoms with Crippen LogP contribution in [0.4, 0.5) is 0 Å².